The molecular weight excluding hydrogens is 292 g/mol. The van der Waals surface area contributed by atoms with E-state index in [1.165, 1.54) is 0 Å². The van der Waals surface area contributed by atoms with E-state index in [0.717, 1.165) is 11.1 Å². The molecular formula is C14H16N2O4S. The van der Waals surface area contributed by atoms with Crippen LogP contribution in [0, 0.1) is 0 Å². The van der Waals surface area contributed by atoms with E-state index in [9.17, 15) is 0 Å². The molecule has 2 aromatic rings. The van der Waals surface area contributed by atoms with Crippen LogP contribution in [0.4, 0.5) is 0 Å². The van der Waals surface area contributed by atoms with Gasteiger partial charge in [-0.3, -0.25) is 9.11 Å². The Labute approximate surface area is 123 Å². The molecule has 112 valence electrons. The lowest BCUT2D eigenvalue weighted by Gasteiger charge is -2.07. The zero-order valence-corrected chi connectivity index (χ0v) is 11.9. The second kappa shape index (κ2) is 7.44. The van der Waals surface area contributed by atoms with Crippen LogP contribution in [-0.4, -0.2) is 17.5 Å². The topological polar surface area (TPSA) is 127 Å². The summed E-state index contributed by atoms with van der Waals surface area (Å²) >= 11 is 0. The standard InChI is InChI=1S/C14H14N2.H2O4S/c15-13(11-7-3-1-4-8-11)14(16)12-9-5-2-6-10-12;1-5(2,3)4/h1-10H,15-16H2;(H2,1,2,3,4). The summed E-state index contributed by atoms with van der Waals surface area (Å²) in [6, 6.07) is 19.5. The second-order valence-electron chi connectivity index (χ2n) is 4.01. The summed E-state index contributed by atoms with van der Waals surface area (Å²) in [5.41, 5.74) is 15.2. The third-order valence-corrected chi connectivity index (χ3v) is 2.46. The van der Waals surface area contributed by atoms with Gasteiger partial charge in [-0.15, -0.1) is 0 Å². The van der Waals surface area contributed by atoms with Crippen molar-refractivity contribution in [3.63, 3.8) is 0 Å². The van der Waals surface area contributed by atoms with Crippen molar-refractivity contribution in [1.82, 2.24) is 0 Å². The van der Waals surface area contributed by atoms with Crippen LogP contribution in [0.1, 0.15) is 11.1 Å². The maximum absolute atomic E-state index is 8.74. The minimum absolute atomic E-state index is 0.617. The van der Waals surface area contributed by atoms with Gasteiger partial charge in [0.25, 0.3) is 0 Å². The van der Waals surface area contributed by atoms with Gasteiger partial charge in [-0.05, 0) is 11.1 Å². The maximum Gasteiger partial charge on any atom is 0.394 e. The molecule has 2 rings (SSSR count). The van der Waals surface area contributed by atoms with Crippen molar-refractivity contribution in [2.24, 2.45) is 11.5 Å². The Balaban J connectivity index is 0.000000383. The number of nitrogens with two attached hydrogens (primary N) is 2. The molecule has 6 nitrogen and oxygen atoms in total. The van der Waals surface area contributed by atoms with Crippen LogP contribution in [0.5, 0.6) is 0 Å². The lowest BCUT2D eigenvalue weighted by Crippen LogP contribution is -2.07. The van der Waals surface area contributed by atoms with Crippen molar-refractivity contribution in [3.05, 3.63) is 71.8 Å². The SMILES string of the molecule is NC(=C(N)c1ccccc1)c1ccccc1.O=S(=O)(O)O. The second-order valence-corrected chi connectivity index (χ2v) is 4.90. The molecule has 7 heteroatoms. The van der Waals surface area contributed by atoms with Gasteiger partial charge in [0.15, 0.2) is 0 Å². The molecule has 2 aromatic carbocycles. The average Bonchev–Trinajstić information content (AvgIpc) is 2.46. The number of rotatable bonds is 2. The van der Waals surface area contributed by atoms with E-state index in [4.69, 9.17) is 29.0 Å². The molecule has 0 fully saturated rings. The van der Waals surface area contributed by atoms with Crippen LogP contribution in [0.2, 0.25) is 0 Å². The zero-order valence-electron chi connectivity index (χ0n) is 11.0. The van der Waals surface area contributed by atoms with Gasteiger partial charge in [-0.1, -0.05) is 60.7 Å². The van der Waals surface area contributed by atoms with Crippen molar-refractivity contribution in [2.75, 3.05) is 0 Å². The summed E-state index contributed by atoms with van der Waals surface area (Å²) < 4.78 is 31.6. The normalized spacial score (nSPS) is 11.9. The zero-order chi connectivity index (χ0) is 15.9. The van der Waals surface area contributed by atoms with E-state index in [0.29, 0.717) is 11.4 Å². The molecule has 0 saturated heterocycles. The first-order valence-electron chi connectivity index (χ1n) is 5.85. The van der Waals surface area contributed by atoms with Gasteiger partial charge >= 0.3 is 10.4 Å². The lowest BCUT2D eigenvalue weighted by atomic mass is 10.1. The van der Waals surface area contributed by atoms with E-state index in [1.807, 2.05) is 60.7 Å². The first kappa shape index (κ1) is 16.7. The van der Waals surface area contributed by atoms with Gasteiger partial charge in [0.1, 0.15) is 0 Å². The molecule has 0 spiro atoms. The highest BCUT2D eigenvalue weighted by Crippen LogP contribution is 2.17. The molecule has 0 amide bonds. The van der Waals surface area contributed by atoms with Crippen LogP contribution in [0.15, 0.2) is 60.7 Å². The highest BCUT2D eigenvalue weighted by molar-refractivity contribution is 7.79. The van der Waals surface area contributed by atoms with Crippen molar-refractivity contribution in [1.29, 1.82) is 0 Å². The summed E-state index contributed by atoms with van der Waals surface area (Å²) in [5, 5.41) is 0. The molecule has 21 heavy (non-hydrogen) atoms. The molecule has 0 saturated carbocycles. The highest BCUT2D eigenvalue weighted by Gasteiger charge is 2.03. The van der Waals surface area contributed by atoms with E-state index >= 15 is 0 Å². The maximum atomic E-state index is 8.74. The van der Waals surface area contributed by atoms with Gasteiger partial charge in [-0.25, -0.2) is 0 Å². The van der Waals surface area contributed by atoms with Crippen molar-refractivity contribution in [2.45, 2.75) is 0 Å². The Morgan fingerprint density at radius 3 is 1.19 bits per heavy atom. The van der Waals surface area contributed by atoms with Gasteiger partial charge in [0.2, 0.25) is 0 Å². The summed E-state index contributed by atoms with van der Waals surface area (Å²) in [6.07, 6.45) is 0. The Morgan fingerprint density at radius 2 is 0.952 bits per heavy atom. The number of hydrogen-bond donors (Lipinski definition) is 4. The molecule has 0 aliphatic carbocycles. The third kappa shape index (κ3) is 6.57. The van der Waals surface area contributed by atoms with Crippen LogP contribution in [-0.2, 0) is 10.4 Å². The fourth-order valence-electron chi connectivity index (χ4n) is 1.55. The number of hydrogen-bond acceptors (Lipinski definition) is 4. The fraction of sp³-hybridized carbons (Fsp3) is 0. The lowest BCUT2D eigenvalue weighted by molar-refractivity contribution is 0.381. The summed E-state index contributed by atoms with van der Waals surface area (Å²) in [6.45, 7) is 0. The summed E-state index contributed by atoms with van der Waals surface area (Å²) in [5.74, 6) is 0. The summed E-state index contributed by atoms with van der Waals surface area (Å²) in [7, 11) is -4.67. The predicted molar refractivity (Wildman–Crippen MR) is 82.3 cm³/mol. The minimum atomic E-state index is -4.67. The number of benzene rings is 2. The Bertz CT molecular complexity index is 643. The van der Waals surface area contributed by atoms with Gasteiger partial charge in [0, 0.05) is 0 Å². The Morgan fingerprint density at radius 1 is 0.714 bits per heavy atom. The average molecular weight is 308 g/mol. The van der Waals surface area contributed by atoms with Gasteiger partial charge < -0.3 is 11.5 Å². The summed E-state index contributed by atoms with van der Waals surface area (Å²) in [4.78, 5) is 0. The van der Waals surface area contributed by atoms with Gasteiger partial charge in [0.05, 0.1) is 11.4 Å². The molecule has 0 aromatic heterocycles. The molecule has 0 bridgehead atoms. The van der Waals surface area contributed by atoms with Crippen molar-refractivity contribution < 1.29 is 17.5 Å². The van der Waals surface area contributed by atoms with Crippen molar-refractivity contribution in [3.8, 4) is 0 Å². The minimum Gasteiger partial charge on any atom is -0.397 e. The van der Waals surface area contributed by atoms with Crippen LogP contribution in [0.25, 0.3) is 11.4 Å². The monoisotopic (exact) mass is 308 g/mol. The van der Waals surface area contributed by atoms with Crippen LogP contribution < -0.4 is 11.5 Å². The quantitative estimate of drug-likeness (QED) is 0.495. The predicted octanol–water partition coefficient (Wildman–Crippen LogP) is 1.78. The highest BCUT2D eigenvalue weighted by atomic mass is 32.3. The van der Waals surface area contributed by atoms with E-state index in [1.54, 1.807) is 0 Å². The first-order valence-corrected chi connectivity index (χ1v) is 7.24. The third-order valence-electron chi connectivity index (χ3n) is 2.46. The molecule has 0 radical (unpaired) electrons. The van der Waals surface area contributed by atoms with Gasteiger partial charge in [-0.2, -0.15) is 8.42 Å². The van der Waals surface area contributed by atoms with E-state index in [-0.39, 0.29) is 0 Å². The molecule has 6 N–H and O–H groups in total. The Kier molecular flexibility index (Phi) is 5.92. The van der Waals surface area contributed by atoms with Crippen LogP contribution in [0.3, 0.4) is 0 Å². The van der Waals surface area contributed by atoms with E-state index in [2.05, 4.69) is 0 Å². The molecule has 0 aliphatic rings. The van der Waals surface area contributed by atoms with Crippen molar-refractivity contribution >= 4 is 21.8 Å². The largest absolute Gasteiger partial charge is 0.397 e. The Hall–Kier alpha value is -2.35. The fourth-order valence-corrected chi connectivity index (χ4v) is 1.55. The molecule has 0 unspecified atom stereocenters. The molecule has 0 aliphatic heterocycles. The first-order chi connectivity index (χ1) is 9.79. The molecule has 0 atom stereocenters. The smallest absolute Gasteiger partial charge is 0.394 e. The van der Waals surface area contributed by atoms with E-state index < -0.39 is 10.4 Å². The van der Waals surface area contributed by atoms with Crippen LogP contribution >= 0.6 is 0 Å². The molecule has 0 heterocycles.